The van der Waals surface area contributed by atoms with Gasteiger partial charge in [0.05, 0.1) is 11.8 Å². The molecule has 0 unspecified atom stereocenters. The summed E-state index contributed by atoms with van der Waals surface area (Å²) in [5.74, 6) is 0. The standard InChI is InChI=1S/C4H6N2.C4H5NS/c2*1-4-2-5-3-6-4/h2-3H,1H3,(H,5,6);2-3H,1H3. The molecule has 0 saturated heterocycles. The monoisotopic (exact) mass is 181 g/mol. The highest BCUT2D eigenvalue weighted by Crippen LogP contribution is 1.99. The van der Waals surface area contributed by atoms with Crippen LogP contribution in [0.4, 0.5) is 0 Å². The summed E-state index contributed by atoms with van der Waals surface area (Å²) in [7, 11) is 0. The van der Waals surface area contributed by atoms with Gasteiger partial charge in [-0.3, -0.25) is 4.98 Å². The zero-order valence-electron chi connectivity index (χ0n) is 7.11. The van der Waals surface area contributed by atoms with Crippen molar-refractivity contribution in [2.24, 2.45) is 0 Å². The smallest absolute Gasteiger partial charge is 0.0921 e. The molecule has 0 amide bonds. The van der Waals surface area contributed by atoms with E-state index in [1.54, 1.807) is 23.9 Å². The Labute approximate surface area is 75.5 Å². The maximum absolute atomic E-state index is 3.84. The minimum Gasteiger partial charge on any atom is -0.349 e. The zero-order chi connectivity index (χ0) is 8.81. The topological polar surface area (TPSA) is 41.6 Å². The molecule has 2 rings (SSSR count). The molecule has 0 spiro atoms. The molecule has 0 aliphatic carbocycles. The molecule has 2 aromatic heterocycles. The number of nitrogens with zero attached hydrogens (tertiary/aromatic N) is 2. The van der Waals surface area contributed by atoms with Gasteiger partial charge in [0.15, 0.2) is 0 Å². The molecule has 0 fully saturated rings. The van der Waals surface area contributed by atoms with Crippen molar-refractivity contribution >= 4 is 11.3 Å². The van der Waals surface area contributed by atoms with E-state index in [1.165, 1.54) is 4.88 Å². The van der Waals surface area contributed by atoms with E-state index in [0.717, 1.165) is 5.69 Å². The van der Waals surface area contributed by atoms with Crippen LogP contribution in [0.3, 0.4) is 0 Å². The van der Waals surface area contributed by atoms with Crippen molar-refractivity contribution in [1.29, 1.82) is 0 Å². The van der Waals surface area contributed by atoms with E-state index < -0.39 is 0 Å². The van der Waals surface area contributed by atoms with Crippen LogP contribution >= 0.6 is 11.3 Å². The van der Waals surface area contributed by atoms with E-state index in [2.05, 4.69) is 15.0 Å². The fraction of sp³-hybridized carbons (Fsp3) is 0.250. The molecule has 0 saturated carbocycles. The van der Waals surface area contributed by atoms with Crippen LogP contribution in [0, 0.1) is 13.8 Å². The van der Waals surface area contributed by atoms with Crippen molar-refractivity contribution in [3.05, 3.63) is 34.8 Å². The quantitative estimate of drug-likeness (QED) is 0.676. The Kier molecular flexibility index (Phi) is 3.47. The molecule has 0 bridgehead atoms. The van der Waals surface area contributed by atoms with Gasteiger partial charge in [-0.2, -0.15) is 0 Å². The van der Waals surface area contributed by atoms with Crippen molar-refractivity contribution in [3.8, 4) is 0 Å². The summed E-state index contributed by atoms with van der Waals surface area (Å²) in [4.78, 5) is 11.8. The van der Waals surface area contributed by atoms with Crippen LogP contribution in [-0.4, -0.2) is 15.0 Å². The van der Waals surface area contributed by atoms with Gasteiger partial charge in [0.25, 0.3) is 0 Å². The lowest BCUT2D eigenvalue weighted by molar-refractivity contribution is 1.25. The summed E-state index contributed by atoms with van der Waals surface area (Å²) in [6, 6.07) is 0. The number of hydrogen-bond acceptors (Lipinski definition) is 3. The van der Waals surface area contributed by atoms with E-state index in [9.17, 15) is 0 Å². The minimum atomic E-state index is 1.11. The maximum Gasteiger partial charge on any atom is 0.0921 e. The predicted molar refractivity (Wildman–Crippen MR) is 50.2 cm³/mol. The Hall–Kier alpha value is -1.16. The van der Waals surface area contributed by atoms with Gasteiger partial charge in [-0.25, -0.2) is 4.98 Å². The Morgan fingerprint density at radius 2 is 2.08 bits per heavy atom. The van der Waals surface area contributed by atoms with E-state index in [4.69, 9.17) is 0 Å². The van der Waals surface area contributed by atoms with Crippen molar-refractivity contribution in [2.45, 2.75) is 13.8 Å². The van der Waals surface area contributed by atoms with E-state index in [1.807, 2.05) is 25.6 Å². The first-order chi connectivity index (χ1) is 5.79. The normalized spacial score (nSPS) is 8.83. The molecule has 2 heterocycles. The molecular formula is C8H11N3S. The second-order valence-electron chi connectivity index (χ2n) is 2.35. The molecule has 0 aliphatic rings. The second kappa shape index (κ2) is 4.66. The molecule has 0 atom stereocenters. The number of hydrogen-bond donors (Lipinski definition) is 1. The van der Waals surface area contributed by atoms with E-state index >= 15 is 0 Å². The van der Waals surface area contributed by atoms with Crippen molar-refractivity contribution in [2.75, 3.05) is 0 Å². The maximum atomic E-state index is 3.84. The predicted octanol–water partition coefficient (Wildman–Crippen LogP) is 2.17. The second-order valence-corrected chi connectivity index (χ2v) is 3.44. The lowest BCUT2D eigenvalue weighted by Gasteiger charge is -1.67. The summed E-state index contributed by atoms with van der Waals surface area (Å²) in [5.41, 5.74) is 2.94. The van der Waals surface area contributed by atoms with Gasteiger partial charge in [-0.1, -0.05) is 0 Å². The van der Waals surface area contributed by atoms with Gasteiger partial charge in [-0.05, 0) is 13.8 Å². The van der Waals surface area contributed by atoms with Crippen molar-refractivity contribution in [1.82, 2.24) is 15.0 Å². The molecule has 1 N–H and O–H groups in total. The Balaban J connectivity index is 0.000000120. The van der Waals surface area contributed by atoms with Crippen LogP contribution < -0.4 is 0 Å². The third kappa shape index (κ3) is 3.30. The van der Waals surface area contributed by atoms with Crippen LogP contribution in [0.15, 0.2) is 24.2 Å². The summed E-state index contributed by atoms with van der Waals surface area (Å²) >= 11 is 1.67. The van der Waals surface area contributed by atoms with Gasteiger partial charge in [0.2, 0.25) is 0 Å². The fourth-order valence-electron chi connectivity index (χ4n) is 0.605. The molecule has 3 nitrogen and oxygen atoms in total. The number of rotatable bonds is 0. The summed E-state index contributed by atoms with van der Waals surface area (Å²) < 4.78 is 0. The van der Waals surface area contributed by atoms with Gasteiger partial charge < -0.3 is 4.98 Å². The Morgan fingerprint density at radius 1 is 1.25 bits per heavy atom. The lowest BCUT2D eigenvalue weighted by atomic mass is 10.6. The number of imidazole rings is 1. The molecule has 12 heavy (non-hydrogen) atoms. The van der Waals surface area contributed by atoms with E-state index in [0.29, 0.717) is 0 Å². The van der Waals surface area contributed by atoms with E-state index in [-0.39, 0.29) is 0 Å². The molecule has 64 valence electrons. The average molecular weight is 181 g/mol. The SMILES string of the molecule is Cc1cnc[nH]1.Cc1cncs1. The largest absolute Gasteiger partial charge is 0.349 e. The third-order valence-electron chi connectivity index (χ3n) is 1.19. The zero-order valence-corrected chi connectivity index (χ0v) is 7.93. The number of thiazole rings is 1. The first-order valence-electron chi connectivity index (χ1n) is 3.59. The van der Waals surface area contributed by atoms with Crippen LogP contribution in [0.25, 0.3) is 0 Å². The summed E-state index contributed by atoms with van der Waals surface area (Å²) in [5, 5.41) is 0. The van der Waals surface area contributed by atoms with Crippen molar-refractivity contribution < 1.29 is 0 Å². The summed E-state index contributed by atoms with van der Waals surface area (Å²) in [6.07, 6.45) is 5.29. The van der Waals surface area contributed by atoms with Crippen LogP contribution in [-0.2, 0) is 0 Å². The van der Waals surface area contributed by atoms with Gasteiger partial charge in [0.1, 0.15) is 0 Å². The first kappa shape index (κ1) is 8.93. The van der Waals surface area contributed by atoms with Crippen molar-refractivity contribution in [3.63, 3.8) is 0 Å². The van der Waals surface area contributed by atoms with Gasteiger partial charge in [0, 0.05) is 23.0 Å². The van der Waals surface area contributed by atoms with Crippen LogP contribution in [0.2, 0.25) is 0 Å². The molecule has 0 aromatic carbocycles. The number of H-pyrrole nitrogens is 1. The van der Waals surface area contributed by atoms with Gasteiger partial charge in [-0.15, -0.1) is 11.3 Å². The Bertz CT molecular complexity index is 254. The molecule has 0 radical (unpaired) electrons. The average Bonchev–Trinajstić information content (AvgIpc) is 2.63. The Morgan fingerprint density at radius 3 is 2.25 bits per heavy atom. The molecular weight excluding hydrogens is 170 g/mol. The first-order valence-corrected chi connectivity index (χ1v) is 4.47. The highest BCUT2D eigenvalue weighted by molar-refractivity contribution is 7.09. The highest BCUT2D eigenvalue weighted by Gasteiger charge is 1.76. The lowest BCUT2D eigenvalue weighted by Crippen LogP contribution is -1.59. The van der Waals surface area contributed by atoms with Gasteiger partial charge >= 0.3 is 0 Å². The van der Waals surface area contributed by atoms with Crippen LogP contribution in [0.5, 0.6) is 0 Å². The summed E-state index contributed by atoms with van der Waals surface area (Å²) in [6.45, 7) is 4.00. The highest BCUT2D eigenvalue weighted by atomic mass is 32.1. The number of aromatic nitrogens is 3. The number of aryl methyl sites for hydroxylation is 2. The number of nitrogens with one attached hydrogen (secondary N) is 1. The number of aromatic amines is 1. The molecule has 2 aromatic rings. The molecule has 0 aliphatic heterocycles. The molecule has 4 heteroatoms. The minimum absolute atomic E-state index is 1.11. The van der Waals surface area contributed by atoms with Crippen LogP contribution in [0.1, 0.15) is 10.6 Å². The third-order valence-corrected chi connectivity index (χ3v) is 1.90. The fourth-order valence-corrected chi connectivity index (χ4v) is 1.01.